The Kier molecular flexibility index (Phi) is 6.24. The molecule has 2 N–H and O–H groups in total. The Balaban J connectivity index is 1.69. The summed E-state index contributed by atoms with van der Waals surface area (Å²) >= 11 is 13.0. The third-order valence-corrected chi connectivity index (χ3v) is 4.34. The summed E-state index contributed by atoms with van der Waals surface area (Å²) in [6.07, 6.45) is 0.938. The van der Waals surface area contributed by atoms with E-state index < -0.39 is 0 Å². The Hall–Kier alpha value is -1.56. The van der Waals surface area contributed by atoms with Gasteiger partial charge in [-0.15, -0.1) is 11.3 Å². The van der Waals surface area contributed by atoms with Crippen LogP contribution in [0, 0.1) is 0 Å². The van der Waals surface area contributed by atoms with E-state index in [-0.39, 0.29) is 18.4 Å². The molecule has 2 amide bonds. The van der Waals surface area contributed by atoms with E-state index in [1.165, 1.54) is 11.3 Å². The molecule has 0 unspecified atom stereocenters. The highest BCUT2D eigenvalue weighted by Gasteiger charge is 2.07. The van der Waals surface area contributed by atoms with Crippen molar-refractivity contribution in [1.29, 1.82) is 0 Å². The van der Waals surface area contributed by atoms with E-state index in [9.17, 15) is 9.59 Å². The van der Waals surface area contributed by atoms with E-state index in [0.717, 1.165) is 4.88 Å². The van der Waals surface area contributed by atoms with Gasteiger partial charge in [0.2, 0.25) is 11.8 Å². The molecular weight excluding hydrogens is 343 g/mol. The average molecular weight is 357 g/mol. The van der Waals surface area contributed by atoms with Gasteiger partial charge in [0.25, 0.3) is 0 Å². The normalized spacial score (nSPS) is 10.3. The summed E-state index contributed by atoms with van der Waals surface area (Å²) in [5.41, 5.74) is 0.636. The monoisotopic (exact) mass is 356 g/mol. The summed E-state index contributed by atoms with van der Waals surface area (Å²) in [6, 6.07) is 10.5. The molecule has 7 heteroatoms. The zero-order chi connectivity index (χ0) is 15.9. The van der Waals surface area contributed by atoms with E-state index in [0.29, 0.717) is 27.9 Å². The Morgan fingerprint density at radius 1 is 1.00 bits per heavy atom. The van der Waals surface area contributed by atoms with Gasteiger partial charge in [0, 0.05) is 22.0 Å². The number of hydrogen-bond donors (Lipinski definition) is 2. The summed E-state index contributed by atoms with van der Waals surface area (Å²) in [5.74, 6) is -0.453. The van der Waals surface area contributed by atoms with Gasteiger partial charge >= 0.3 is 0 Å². The highest BCUT2D eigenvalue weighted by molar-refractivity contribution is 7.16. The molecule has 0 aliphatic heterocycles. The van der Waals surface area contributed by atoms with E-state index in [2.05, 4.69) is 10.6 Å². The number of hydrogen-bond acceptors (Lipinski definition) is 3. The van der Waals surface area contributed by atoms with Gasteiger partial charge in [-0.1, -0.05) is 23.2 Å². The summed E-state index contributed by atoms with van der Waals surface area (Å²) in [4.78, 5) is 24.4. The highest BCUT2D eigenvalue weighted by atomic mass is 35.5. The minimum atomic E-state index is -0.283. The standard InChI is InChI=1S/C15H14Cl2N2O2S/c16-10-1-3-11(4-2-10)19-15(21)9-18-14(20)8-6-12-5-7-13(17)22-12/h1-5,7H,6,8-9H2,(H,18,20)(H,19,21). The van der Waals surface area contributed by atoms with Crippen LogP contribution in [0.4, 0.5) is 5.69 Å². The van der Waals surface area contributed by atoms with Crippen LogP contribution in [0.2, 0.25) is 9.36 Å². The van der Waals surface area contributed by atoms with Crippen LogP contribution in [0.3, 0.4) is 0 Å². The first-order valence-corrected chi connectivity index (χ1v) is 8.16. The molecular formula is C15H14Cl2N2O2S. The van der Waals surface area contributed by atoms with Crippen LogP contribution < -0.4 is 10.6 Å². The van der Waals surface area contributed by atoms with Crippen LogP contribution in [0.15, 0.2) is 36.4 Å². The number of rotatable bonds is 6. The highest BCUT2D eigenvalue weighted by Crippen LogP contribution is 2.22. The van der Waals surface area contributed by atoms with Gasteiger partial charge < -0.3 is 10.6 Å². The third kappa shape index (κ3) is 5.67. The van der Waals surface area contributed by atoms with Crippen molar-refractivity contribution in [2.24, 2.45) is 0 Å². The van der Waals surface area contributed by atoms with Crippen molar-refractivity contribution in [3.8, 4) is 0 Å². The molecule has 0 fully saturated rings. The average Bonchev–Trinajstić information content (AvgIpc) is 2.91. The third-order valence-electron chi connectivity index (χ3n) is 2.80. The van der Waals surface area contributed by atoms with Crippen molar-refractivity contribution in [3.05, 3.63) is 50.6 Å². The predicted molar refractivity (Wildman–Crippen MR) is 90.7 cm³/mol. The minimum absolute atomic E-state index is 0.0628. The maximum atomic E-state index is 11.7. The molecule has 0 radical (unpaired) electrons. The van der Waals surface area contributed by atoms with Gasteiger partial charge in [-0.2, -0.15) is 0 Å². The SMILES string of the molecule is O=C(CCc1ccc(Cl)s1)NCC(=O)Nc1ccc(Cl)cc1. The van der Waals surface area contributed by atoms with Gasteiger partial charge in [-0.05, 0) is 42.8 Å². The molecule has 0 atom stereocenters. The molecule has 4 nitrogen and oxygen atoms in total. The van der Waals surface area contributed by atoms with E-state index in [4.69, 9.17) is 23.2 Å². The molecule has 0 bridgehead atoms. The molecule has 0 aliphatic carbocycles. The van der Waals surface area contributed by atoms with Crippen LogP contribution in [-0.2, 0) is 16.0 Å². The smallest absolute Gasteiger partial charge is 0.243 e. The first-order chi connectivity index (χ1) is 10.5. The fourth-order valence-corrected chi connectivity index (χ4v) is 2.94. The van der Waals surface area contributed by atoms with Crippen molar-refractivity contribution < 1.29 is 9.59 Å². The van der Waals surface area contributed by atoms with Crippen molar-refractivity contribution >= 4 is 52.0 Å². The van der Waals surface area contributed by atoms with Gasteiger partial charge in [-0.3, -0.25) is 9.59 Å². The zero-order valence-electron chi connectivity index (χ0n) is 11.6. The van der Waals surface area contributed by atoms with Crippen LogP contribution in [-0.4, -0.2) is 18.4 Å². The molecule has 0 aliphatic rings. The van der Waals surface area contributed by atoms with Crippen LogP contribution in [0.1, 0.15) is 11.3 Å². The number of nitrogens with one attached hydrogen (secondary N) is 2. The van der Waals surface area contributed by atoms with Crippen molar-refractivity contribution in [3.63, 3.8) is 0 Å². The Labute approximate surface area is 142 Å². The molecule has 2 rings (SSSR count). The lowest BCUT2D eigenvalue weighted by atomic mass is 10.2. The molecule has 0 saturated carbocycles. The maximum absolute atomic E-state index is 11.7. The van der Waals surface area contributed by atoms with Gasteiger partial charge in [0.05, 0.1) is 10.9 Å². The van der Waals surface area contributed by atoms with E-state index in [1.807, 2.05) is 6.07 Å². The van der Waals surface area contributed by atoms with Crippen LogP contribution in [0.25, 0.3) is 0 Å². The van der Waals surface area contributed by atoms with Gasteiger partial charge in [0.1, 0.15) is 0 Å². The van der Waals surface area contributed by atoms with Crippen molar-refractivity contribution in [2.75, 3.05) is 11.9 Å². The molecule has 0 spiro atoms. The second kappa shape index (κ2) is 8.17. The van der Waals surface area contributed by atoms with Crippen LogP contribution in [0.5, 0.6) is 0 Å². The molecule has 22 heavy (non-hydrogen) atoms. The van der Waals surface area contributed by atoms with Gasteiger partial charge in [0.15, 0.2) is 0 Å². The summed E-state index contributed by atoms with van der Waals surface area (Å²) in [7, 11) is 0. The number of anilines is 1. The number of carbonyl (C=O) groups is 2. The number of amides is 2. The number of carbonyl (C=O) groups excluding carboxylic acids is 2. The lowest BCUT2D eigenvalue weighted by Gasteiger charge is -2.07. The van der Waals surface area contributed by atoms with E-state index >= 15 is 0 Å². The number of thiophene rings is 1. The van der Waals surface area contributed by atoms with Crippen LogP contribution >= 0.6 is 34.5 Å². The second-order valence-corrected chi connectivity index (χ2v) is 6.77. The summed E-state index contributed by atoms with van der Waals surface area (Å²) < 4.78 is 0.706. The molecule has 2 aromatic rings. The summed E-state index contributed by atoms with van der Waals surface area (Å²) in [6.45, 7) is -0.0628. The maximum Gasteiger partial charge on any atom is 0.243 e. The van der Waals surface area contributed by atoms with Gasteiger partial charge in [-0.25, -0.2) is 0 Å². The van der Waals surface area contributed by atoms with Crippen molar-refractivity contribution in [1.82, 2.24) is 5.32 Å². The molecule has 1 aromatic carbocycles. The fourth-order valence-electron chi connectivity index (χ4n) is 1.73. The first kappa shape index (κ1) is 16.8. The Morgan fingerprint density at radius 3 is 2.36 bits per heavy atom. The zero-order valence-corrected chi connectivity index (χ0v) is 13.9. The fraction of sp³-hybridized carbons (Fsp3) is 0.200. The lowest BCUT2D eigenvalue weighted by Crippen LogP contribution is -2.32. The number of aryl methyl sites for hydroxylation is 1. The minimum Gasteiger partial charge on any atom is -0.347 e. The van der Waals surface area contributed by atoms with E-state index in [1.54, 1.807) is 30.3 Å². The Bertz CT molecular complexity index is 656. The summed E-state index contributed by atoms with van der Waals surface area (Å²) in [5, 5.41) is 5.86. The molecule has 0 saturated heterocycles. The molecule has 1 heterocycles. The lowest BCUT2D eigenvalue weighted by molar-refractivity contribution is -0.124. The predicted octanol–water partition coefficient (Wildman–Crippen LogP) is 3.74. The quantitative estimate of drug-likeness (QED) is 0.827. The first-order valence-electron chi connectivity index (χ1n) is 6.59. The second-order valence-electron chi connectivity index (χ2n) is 4.54. The number of benzene rings is 1. The topological polar surface area (TPSA) is 58.2 Å². The van der Waals surface area contributed by atoms with Crippen molar-refractivity contribution in [2.45, 2.75) is 12.8 Å². The number of halogens is 2. The largest absolute Gasteiger partial charge is 0.347 e. The Morgan fingerprint density at radius 2 is 1.73 bits per heavy atom. The molecule has 1 aromatic heterocycles. The molecule has 116 valence electrons.